The molecule has 0 spiro atoms. The first-order chi connectivity index (χ1) is 11.1. The number of fused-ring (bicyclic) bond motifs is 1. The molecule has 0 aliphatic rings. The molecule has 3 aromatic rings. The summed E-state index contributed by atoms with van der Waals surface area (Å²) >= 11 is 1.75. The molecule has 1 N–H and O–H groups in total. The molecule has 23 heavy (non-hydrogen) atoms. The van der Waals surface area contributed by atoms with Crippen LogP contribution in [-0.2, 0) is 6.54 Å². The highest BCUT2D eigenvalue weighted by atomic mass is 32.2. The van der Waals surface area contributed by atoms with E-state index in [0.717, 1.165) is 6.54 Å². The number of hydrogen-bond donors (Lipinski definition) is 1. The molecule has 2 aromatic carbocycles. The molecule has 0 saturated carbocycles. The summed E-state index contributed by atoms with van der Waals surface area (Å²) < 4.78 is 6.03. The van der Waals surface area contributed by atoms with Crippen molar-refractivity contribution >= 4 is 22.9 Å². The van der Waals surface area contributed by atoms with E-state index in [1.54, 1.807) is 11.9 Å². The Morgan fingerprint density at radius 2 is 1.74 bits per heavy atom. The largest absolute Gasteiger partial charge is 0.346 e. The van der Waals surface area contributed by atoms with Crippen molar-refractivity contribution in [3.8, 4) is 0 Å². The van der Waals surface area contributed by atoms with E-state index < -0.39 is 0 Å². The molecule has 0 fully saturated rings. The normalized spacial score (nSPS) is 12.9. The Labute approximate surface area is 143 Å². The minimum Gasteiger partial charge on any atom is -0.346 e. The summed E-state index contributed by atoms with van der Waals surface area (Å²) in [5.41, 5.74) is 2.62. The number of aromatic nitrogens is 1. The smallest absolute Gasteiger partial charge is 0.0480 e. The summed E-state index contributed by atoms with van der Waals surface area (Å²) in [5.74, 6) is 0.563. The second-order valence-electron chi connectivity index (χ2n) is 6.36. The third-order valence-corrected chi connectivity index (χ3v) is 5.39. The van der Waals surface area contributed by atoms with Crippen LogP contribution in [0.5, 0.6) is 0 Å². The van der Waals surface area contributed by atoms with Crippen molar-refractivity contribution in [2.24, 2.45) is 5.92 Å². The van der Waals surface area contributed by atoms with Crippen molar-refractivity contribution in [2.45, 2.75) is 38.3 Å². The van der Waals surface area contributed by atoms with Crippen LogP contribution in [0.4, 0.5) is 0 Å². The van der Waals surface area contributed by atoms with E-state index in [4.69, 9.17) is 0 Å². The number of hydrogen-bond acceptors (Lipinski definition) is 2. The molecule has 1 atom stereocenters. The van der Waals surface area contributed by atoms with Crippen molar-refractivity contribution in [1.29, 1.82) is 0 Å². The number of benzene rings is 2. The van der Waals surface area contributed by atoms with Crippen LogP contribution in [0.2, 0.25) is 0 Å². The van der Waals surface area contributed by atoms with Gasteiger partial charge < -0.3 is 4.57 Å². The Bertz CT molecular complexity index is 776. The molecular weight excluding hydrogens is 300 g/mol. The van der Waals surface area contributed by atoms with Gasteiger partial charge in [0.05, 0.1) is 0 Å². The molecule has 0 bridgehead atoms. The van der Waals surface area contributed by atoms with E-state index in [1.165, 1.54) is 21.4 Å². The third-order valence-electron chi connectivity index (χ3n) is 4.29. The first kappa shape index (κ1) is 16.2. The number of nitrogens with zero attached hydrogens (tertiary/aromatic N) is 1. The maximum atomic E-state index is 3.68. The summed E-state index contributed by atoms with van der Waals surface area (Å²) in [6, 6.07) is 19.7. The Hall–Kier alpha value is -1.71. The fourth-order valence-electron chi connectivity index (χ4n) is 2.71. The van der Waals surface area contributed by atoms with Crippen molar-refractivity contribution in [2.75, 3.05) is 0 Å². The molecule has 1 unspecified atom stereocenters. The van der Waals surface area contributed by atoms with E-state index >= 15 is 0 Å². The van der Waals surface area contributed by atoms with Gasteiger partial charge in [0, 0.05) is 29.2 Å². The number of nitrogens with one attached hydrogen (secondary N) is 1. The van der Waals surface area contributed by atoms with E-state index in [1.807, 2.05) is 0 Å². The molecule has 3 rings (SSSR count). The Morgan fingerprint density at radius 3 is 2.52 bits per heavy atom. The van der Waals surface area contributed by atoms with Crippen molar-refractivity contribution in [3.63, 3.8) is 0 Å². The lowest BCUT2D eigenvalue weighted by Gasteiger charge is -2.23. The Morgan fingerprint density at radius 1 is 1.00 bits per heavy atom. The highest BCUT2D eigenvalue weighted by molar-refractivity contribution is 7.97. The molecule has 0 amide bonds. The van der Waals surface area contributed by atoms with Crippen LogP contribution in [0.3, 0.4) is 0 Å². The molecule has 1 heterocycles. The van der Waals surface area contributed by atoms with Gasteiger partial charge in [-0.1, -0.05) is 50.2 Å². The van der Waals surface area contributed by atoms with Gasteiger partial charge in [-0.05, 0) is 53.9 Å². The van der Waals surface area contributed by atoms with Crippen LogP contribution < -0.4 is 4.72 Å². The van der Waals surface area contributed by atoms with Gasteiger partial charge in [0.2, 0.25) is 0 Å². The van der Waals surface area contributed by atoms with Gasteiger partial charge in [-0.25, -0.2) is 0 Å². The predicted molar refractivity (Wildman–Crippen MR) is 101 cm³/mol. The second-order valence-corrected chi connectivity index (χ2v) is 7.24. The highest BCUT2D eigenvalue weighted by Gasteiger charge is 2.15. The SMILES string of the molecule is Cc1ccccc1SNC(Cn1ccc2ccccc21)C(C)C. The van der Waals surface area contributed by atoms with E-state index in [-0.39, 0.29) is 0 Å². The molecule has 2 nitrogen and oxygen atoms in total. The van der Waals surface area contributed by atoms with Gasteiger partial charge in [0.1, 0.15) is 0 Å². The molecule has 0 saturated heterocycles. The average Bonchev–Trinajstić information content (AvgIpc) is 2.95. The first-order valence-electron chi connectivity index (χ1n) is 8.17. The van der Waals surface area contributed by atoms with E-state index in [9.17, 15) is 0 Å². The van der Waals surface area contributed by atoms with Crippen molar-refractivity contribution < 1.29 is 0 Å². The Balaban J connectivity index is 1.73. The lowest BCUT2D eigenvalue weighted by molar-refractivity contribution is 0.417. The zero-order valence-electron chi connectivity index (χ0n) is 14.0. The molecule has 1 aromatic heterocycles. The van der Waals surface area contributed by atoms with Gasteiger partial charge >= 0.3 is 0 Å². The fourth-order valence-corrected chi connectivity index (χ4v) is 3.71. The quantitative estimate of drug-likeness (QED) is 0.622. The first-order valence-corrected chi connectivity index (χ1v) is 8.98. The minimum absolute atomic E-state index is 0.412. The standard InChI is InChI=1S/C20H24N2S/c1-15(2)18(21-23-20-11-7-4-8-16(20)3)14-22-13-12-17-9-5-6-10-19(17)22/h4-13,15,18,21H,14H2,1-3H3. The zero-order chi connectivity index (χ0) is 16.2. The molecule has 0 aliphatic carbocycles. The van der Waals surface area contributed by atoms with Gasteiger partial charge in [-0.2, -0.15) is 0 Å². The summed E-state index contributed by atoms with van der Waals surface area (Å²) in [4.78, 5) is 1.30. The fraction of sp³-hybridized carbons (Fsp3) is 0.300. The van der Waals surface area contributed by atoms with Crippen molar-refractivity contribution in [1.82, 2.24) is 9.29 Å². The topological polar surface area (TPSA) is 17.0 Å². The van der Waals surface area contributed by atoms with Gasteiger partial charge in [0.25, 0.3) is 0 Å². The molecular formula is C20H24N2S. The molecule has 0 radical (unpaired) electrons. The van der Waals surface area contributed by atoms with Crippen LogP contribution in [0, 0.1) is 12.8 Å². The number of para-hydroxylation sites is 1. The molecule has 120 valence electrons. The predicted octanol–water partition coefficient (Wildman–Crippen LogP) is 5.27. The van der Waals surface area contributed by atoms with Crippen LogP contribution in [-0.4, -0.2) is 10.6 Å². The molecule has 3 heteroatoms. The highest BCUT2D eigenvalue weighted by Crippen LogP contribution is 2.22. The van der Waals surface area contributed by atoms with Gasteiger partial charge in [-0.3, -0.25) is 4.72 Å². The van der Waals surface area contributed by atoms with E-state index in [2.05, 4.69) is 90.9 Å². The monoisotopic (exact) mass is 324 g/mol. The van der Waals surface area contributed by atoms with Gasteiger partial charge in [0.15, 0.2) is 0 Å². The second kappa shape index (κ2) is 7.24. The zero-order valence-corrected chi connectivity index (χ0v) is 14.8. The minimum atomic E-state index is 0.412. The van der Waals surface area contributed by atoms with E-state index in [0.29, 0.717) is 12.0 Å². The van der Waals surface area contributed by atoms with Crippen LogP contribution in [0.1, 0.15) is 19.4 Å². The van der Waals surface area contributed by atoms with Crippen molar-refractivity contribution in [3.05, 3.63) is 66.4 Å². The van der Waals surface area contributed by atoms with Crippen LogP contribution in [0.25, 0.3) is 10.9 Å². The lowest BCUT2D eigenvalue weighted by atomic mass is 10.1. The third kappa shape index (κ3) is 3.80. The summed E-state index contributed by atoms with van der Waals surface area (Å²) in [6.07, 6.45) is 2.19. The van der Waals surface area contributed by atoms with Crippen LogP contribution >= 0.6 is 11.9 Å². The lowest BCUT2D eigenvalue weighted by Crippen LogP contribution is -2.33. The maximum Gasteiger partial charge on any atom is 0.0480 e. The van der Waals surface area contributed by atoms with Crippen LogP contribution in [0.15, 0.2) is 65.7 Å². The maximum absolute atomic E-state index is 3.68. The summed E-state index contributed by atoms with van der Waals surface area (Å²) in [5, 5.41) is 1.31. The molecule has 0 aliphatic heterocycles. The summed E-state index contributed by atoms with van der Waals surface area (Å²) in [7, 11) is 0. The average molecular weight is 324 g/mol. The number of rotatable bonds is 6. The summed E-state index contributed by atoms with van der Waals surface area (Å²) in [6.45, 7) is 7.70. The Kier molecular flexibility index (Phi) is 5.09. The number of aryl methyl sites for hydroxylation is 1. The van der Waals surface area contributed by atoms with Gasteiger partial charge in [-0.15, -0.1) is 0 Å².